The Labute approximate surface area is 437 Å². The topological polar surface area (TPSA) is 17.9 Å². The standard InChI is InChI=1S/C68H47B2N5/c1-44-65-51(42-55-67(44)73(48-28-12-5-13-29-48)61-40-22-38-59-63(61)69(55)53-34-18-20-36-57(53)71(59)46-24-8-3-9-25-46)52-43-56-68(45(2)66(52)75(65)50-32-16-7-17-33-50)74(49-30-14-6-15-31-49)62-41-23-39-60-64(62)70(56)54-35-19-21-37-58(54)72(60)47-26-10-4-11-27-47/h3-43H,1-2H3. The largest absolute Gasteiger partial charge is 0.311 e. The summed E-state index contributed by atoms with van der Waals surface area (Å²) in [5.41, 5.74) is 28.2. The highest BCUT2D eigenvalue weighted by Gasteiger charge is 2.47. The molecule has 0 N–H and O–H groups in total. The molecule has 0 saturated heterocycles. The van der Waals surface area contributed by atoms with Crippen LogP contribution in [0.3, 0.4) is 0 Å². The van der Waals surface area contributed by atoms with Gasteiger partial charge in [-0.2, -0.15) is 0 Å². The summed E-state index contributed by atoms with van der Waals surface area (Å²) < 4.78 is 2.60. The van der Waals surface area contributed by atoms with Crippen LogP contribution in [0.5, 0.6) is 0 Å². The van der Waals surface area contributed by atoms with Gasteiger partial charge in [0.15, 0.2) is 0 Å². The van der Waals surface area contributed by atoms with Crippen LogP contribution in [-0.2, 0) is 0 Å². The molecule has 0 atom stereocenters. The van der Waals surface area contributed by atoms with E-state index in [1.165, 1.54) is 111 Å². The van der Waals surface area contributed by atoms with Gasteiger partial charge in [0.1, 0.15) is 0 Å². The second kappa shape index (κ2) is 16.0. The first-order chi connectivity index (χ1) is 37.1. The number of anilines is 12. The Kier molecular flexibility index (Phi) is 8.99. The van der Waals surface area contributed by atoms with Crippen LogP contribution in [0.25, 0.3) is 27.5 Å². The third kappa shape index (κ3) is 5.81. The average Bonchev–Trinajstić information content (AvgIpc) is 3.83. The molecule has 0 spiro atoms. The summed E-state index contributed by atoms with van der Waals surface area (Å²) >= 11 is 0. The SMILES string of the molecule is Cc1c2c(cc3c4cc5c(c(C)c4n(-c4ccccc4)c13)N(c1ccccc1)c1cccc3c1B5c1ccccc1N3c1ccccc1)B1c3ccccc3N(c3ccccc3)c3cccc(c31)N2c1ccccc1. The van der Waals surface area contributed by atoms with Gasteiger partial charge in [-0.3, -0.25) is 0 Å². The van der Waals surface area contributed by atoms with Crippen LogP contribution in [0.1, 0.15) is 11.1 Å². The molecule has 0 aliphatic carbocycles. The van der Waals surface area contributed by atoms with Crippen LogP contribution >= 0.6 is 0 Å². The smallest absolute Gasteiger partial charge is 0.252 e. The van der Waals surface area contributed by atoms with Gasteiger partial charge in [-0.25, -0.2) is 0 Å². The molecule has 75 heavy (non-hydrogen) atoms. The first-order valence-corrected chi connectivity index (χ1v) is 26.2. The lowest BCUT2D eigenvalue weighted by atomic mass is 9.33. The van der Waals surface area contributed by atoms with E-state index in [9.17, 15) is 0 Å². The fraction of sp³-hybridized carbons (Fsp3) is 0.0294. The van der Waals surface area contributed by atoms with Crippen molar-refractivity contribution < 1.29 is 0 Å². The Morgan fingerprint density at radius 2 is 0.560 bits per heavy atom. The van der Waals surface area contributed by atoms with Crippen molar-refractivity contribution >= 4 is 136 Å². The molecule has 0 amide bonds. The van der Waals surface area contributed by atoms with Crippen LogP contribution in [0.15, 0.2) is 249 Å². The van der Waals surface area contributed by atoms with Crippen molar-refractivity contribution in [1.82, 2.24) is 4.57 Å². The predicted molar refractivity (Wildman–Crippen MR) is 318 cm³/mol. The van der Waals surface area contributed by atoms with Crippen LogP contribution in [0.4, 0.5) is 68.2 Å². The molecule has 7 heteroatoms. The molecule has 5 heterocycles. The average molecular weight is 956 g/mol. The Balaban J connectivity index is 1.05. The molecule has 4 aliphatic heterocycles. The minimum Gasteiger partial charge on any atom is -0.311 e. The highest BCUT2D eigenvalue weighted by molar-refractivity contribution is 7.01. The Morgan fingerprint density at radius 1 is 0.267 bits per heavy atom. The maximum absolute atomic E-state index is 2.60. The van der Waals surface area contributed by atoms with Gasteiger partial charge in [0.05, 0.1) is 11.0 Å². The number of aryl methyl sites for hydroxylation is 2. The van der Waals surface area contributed by atoms with E-state index in [1.54, 1.807) is 0 Å². The maximum Gasteiger partial charge on any atom is 0.252 e. The molecule has 0 radical (unpaired) electrons. The summed E-state index contributed by atoms with van der Waals surface area (Å²) in [4.78, 5) is 10.1. The van der Waals surface area contributed by atoms with E-state index in [1.807, 2.05) is 0 Å². The van der Waals surface area contributed by atoms with E-state index >= 15 is 0 Å². The van der Waals surface area contributed by atoms with E-state index in [4.69, 9.17) is 0 Å². The molecule has 350 valence electrons. The summed E-state index contributed by atoms with van der Waals surface area (Å²) in [6, 6.07) is 92.2. The van der Waals surface area contributed by atoms with Crippen LogP contribution in [0, 0.1) is 13.8 Å². The molecule has 4 aliphatic rings. The Bertz CT molecular complexity index is 4040. The fourth-order valence-corrected chi connectivity index (χ4v) is 13.8. The number of benzene rings is 11. The summed E-state index contributed by atoms with van der Waals surface area (Å²) in [5.74, 6) is 0. The molecule has 5 nitrogen and oxygen atoms in total. The number of rotatable bonds is 5. The zero-order valence-corrected chi connectivity index (χ0v) is 41.6. The quantitative estimate of drug-likeness (QED) is 0.160. The summed E-state index contributed by atoms with van der Waals surface area (Å²) in [7, 11) is 0. The van der Waals surface area contributed by atoms with E-state index in [0.717, 1.165) is 28.4 Å². The van der Waals surface area contributed by atoms with Gasteiger partial charge >= 0.3 is 0 Å². The van der Waals surface area contributed by atoms with E-state index in [0.29, 0.717) is 0 Å². The number of aromatic nitrogens is 1. The molecule has 16 rings (SSSR count). The van der Waals surface area contributed by atoms with Crippen molar-refractivity contribution in [1.29, 1.82) is 0 Å². The van der Waals surface area contributed by atoms with Gasteiger partial charge in [0, 0.05) is 84.7 Å². The molecule has 0 unspecified atom stereocenters. The zero-order valence-electron chi connectivity index (χ0n) is 41.6. The molecular weight excluding hydrogens is 908 g/mol. The number of hydrogen-bond acceptors (Lipinski definition) is 4. The molecule has 0 saturated carbocycles. The van der Waals surface area contributed by atoms with Crippen LogP contribution in [-0.4, -0.2) is 18.0 Å². The van der Waals surface area contributed by atoms with Crippen molar-refractivity contribution in [2.75, 3.05) is 19.6 Å². The number of hydrogen-bond donors (Lipinski definition) is 0. The highest BCUT2D eigenvalue weighted by atomic mass is 15.2. The lowest BCUT2D eigenvalue weighted by molar-refractivity contribution is 1.15. The van der Waals surface area contributed by atoms with Crippen molar-refractivity contribution in [2.45, 2.75) is 13.8 Å². The lowest BCUT2D eigenvalue weighted by Gasteiger charge is -2.44. The van der Waals surface area contributed by atoms with E-state index in [2.05, 4.69) is 287 Å². The molecule has 0 fully saturated rings. The van der Waals surface area contributed by atoms with Gasteiger partial charge in [-0.05, 0) is 155 Å². The summed E-state index contributed by atoms with van der Waals surface area (Å²) in [6.07, 6.45) is 0. The number of fused-ring (bicyclic) bond motifs is 11. The van der Waals surface area contributed by atoms with Crippen molar-refractivity contribution in [3.63, 3.8) is 0 Å². The Morgan fingerprint density at radius 3 is 0.933 bits per heavy atom. The third-order valence-corrected chi connectivity index (χ3v) is 16.6. The maximum atomic E-state index is 2.60. The second-order valence-corrected chi connectivity index (χ2v) is 20.4. The monoisotopic (exact) mass is 955 g/mol. The Hall–Kier alpha value is -9.45. The normalized spacial score (nSPS) is 13.6. The molecular formula is C68H47B2N5. The van der Waals surface area contributed by atoms with Gasteiger partial charge in [0.25, 0.3) is 13.4 Å². The van der Waals surface area contributed by atoms with Crippen LogP contribution in [0.2, 0.25) is 0 Å². The van der Waals surface area contributed by atoms with Gasteiger partial charge < -0.3 is 24.2 Å². The number of para-hydroxylation sites is 7. The van der Waals surface area contributed by atoms with Gasteiger partial charge in [-0.1, -0.05) is 152 Å². The fourth-order valence-electron chi connectivity index (χ4n) is 13.8. The highest BCUT2D eigenvalue weighted by Crippen LogP contribution is 2.51. The predicted octanol–water partition coefficient (Wildman–Crippen LogP) is 13.6. The molecule has 11 aromatic carbocycles. The summed E-state index contributed by atoms with van der Waals surface area (Å²) in [6.45, 7) is 4.71. The first kappa shape index (κ1) is 42.1. The molecule has 0 bridgehead atoms. The second-order valence-electron chi connectivity index (χ2n) is 20.4. The van der Waals surface area contributed by atoms with Gasteiger partial charge in [0.2, 0.25) is 0 Å². The van der Waals surface area contributed by atoms with Crippen molar-refractivity contribution in [3.05, 3.63) is 260 Å². The molecule has 1 aromatic heterocycles. The minimum atomic E-state index is -0.0310. The van der Waals surface area contributed by atoms with E-state index in [-0.39, 0.29) is 13.4 Å². The number of nitrogens with zero attached hydrogens (tertiary/aromatic N) is 5. The van der Waals surface area contributed by atoms with E-state index < -0.39 is 0 Å². The molecule has 12 aromatic rings. The zero-order chi connectivity index (χ0) is 49.5. The van der Waals surface area contributed by atoms with Crippen molar-refractivity contribution in [2.24, 2.45) is 0 Å². The first-order valence-electron chi connectivity index (χ1n) is 26.2. The third-order valence-electron chi connectivity index (χ3n) is 16.6. The van der Waals surface area contributed by atoms with Gasteiger partial charge in [-0.15, -0.1) is 0 Å². The lowest BCUT2D eigenvalue weighted by Crippen LogP contribution is -2.61. The minimum absolute atomic E-state index is 0.0310. The van der Waals surface area contributed by atoms with Crippen LogP contribution < -0.4 is 52.4 Å². The van der Waals surface area contributed by atoms with Crippen molar-refractivity contribution in [3.8, 4) is 5.69 Å². The summed E-state index contributed by atoms with van der Waals surface area (Å²) in [5, 5.41) is 2.52.